The molecule has 0 unspecified atom stereocenters. The number of rotatable bonds is 3. The summed E-state index contributed by atoms with van der Waals surface area (Å²) in [7, 11) is -3.33. The molecule has 0 atom stereocenters. The summed E-state index contributed by atoms with van der Waals surface area (Å²) in [6.07, 6.45) is 1.45. The molecule has 4 rings (SSSR count). The number of halogens is 1. The van der Waals surface area contributed by atoms with Crippen LogP contribution in [0.2, 0.25) is 5.02 Å². The fraction of sp³-hybridized carbons (Fsp3) is 0.278. The summed E-state index contributed by atoms with van der Waals surface area (Å²) in [5.74, 6) is 0.909. The van der Waals surface area contributed by atoms with Gasteiger partial charge in [0.05, 0.1) is 22.0 Å². The minimum absolute atomic E-state index is 0.122. The van der Waals surface area contributed by atoms with Crippen molar-refractivity contribution in [2.45, 2.75) is 12.8 Å². The van der Waals surface area contributed by atoms with Crippen molar-refractivity contribution in [1.82, 2.24) is 0 Å². The van der Waals surface area contributed by atoms with Crippen LogP contribution < -0.4 is 19.1 Å². The molecular formula is C18H17ClN2O5S. The van der Waals surface area contributed by atoms with E-state index in [0.717, 1.165) is 6.42 Å². The van der Waals surface area contributed by atoms with E-state index in [2.05, 4.69) is 5.32 Å². The number of nitrogens with one attached hydrogen (secondary N) is 1. The lowest BCUT2D eigenvalue weighted by atomic mass is 10.1. The third kappa shape index (κ3) is 3.54. The first kappa shape index (κ1) is 17.9. The van der Waals surface area contributed by atoms with E-state index in [1.807, 2.05) is 0 Å². The van der Waals surface area contributed by atoms with E-state index in [4.69, 9.17) is 21.1 Å². The molecule has 0 spiro atoms. The van der Waals surface area contributed by atoms with Crippen LogP contribution in [0.3, 0.4) is 0 Å². The first-order valence-electron chi connectivity index (χ1n) is 8.45. The lowest BCUT2D eigenvalue weighted by Crippen LogP contribution is -2.37. The maximum Gasteiger partial charge on any atom is 0.257 e. The van der Waals surface area contributed by atoms with Crippen molar-refractivity contribution in [3.63, 3.8) is 0 Å². The number of hydrogen-bond donors (Lipinski definition) is 1. The molecule has 1 saturated heterocycles. The Morgan fingerprint density at radius 2 is 1.89 bits per heavy atom. The van der Waals surface area contributed by atoms with Crippen LogP contribution in [0.4, 0.5) is 11.4 Å². The van der Waals surface area contributed by atoms with Crippen molar-refractivity contribution >= 4 is 38.9 Å². The Kier molecular flexibility index (Phi) is 4.61. The van der Waals surface area contributed by atoms with Crippen molar-refractivity contribution in [3.8, 4) is 11.5 Å². The number of sulfonamides is 1. The maximum absolute atomic E-state index is 12.6. The molecule has 1 amide bonds. The van der Waals surface area contributed by atoms with Crippen LogP contribution in [0.25, 0.3) is 0 Å². The van der Waals surface area contributed by atoms with Gasteiger partial charge in [-0.1, -0.05) is 11.6 Å². The number of nitrogens with zero attached hydrogens (tertiary/aromatic N) is 1. The first-order valence-corrected chi connectivity index (χ1v) is 10.4. The topological polar surface area (TPSA) is 84.9 Å². The number of anilines is 2. The fourth-order valence-electron chi connectivity index (χ4n) is 3.09. The molecule has 0 aliphatic carbocycles. The average Bonchev–Trinajstić information content (AvgIpc) is 3.09. The summed E-state index contributed by atoms with van der Waals surface area (Å²) < 4.78 is 36.3. The molecule has 7 nitrogen and oxygen atoms in total. The molecule has 1 N–H and O–H groups in total. The molecule has 0 aromatic heterocycles. The maximum atomic E-state index is 12.6. The van der Waals surface area contributed by atoms with Crippen molar-refractivity contribution in [3.05, 3.63) is 47.0 Å². The lowest BCUT2D eigenvalue weighted by Gasteiger charge is -2.28. The summed E-state index contributed by atoms with van der Waals surface area (Å²) in [6.45, 7) is 0.570. The van der Waals surface area contributed by atoms with Gasteiger partial charge in [0.2, 0.25) is 16.8 Å². The number of hydrogen-bond acceptors (Lipinski definition) is 5. The highest BCUT2D eigenvalue weighted by Crippen LogP contribution is 2.35. The summed E-state index contributed by atoms with van der Waals surface area (Å²) in [4.78, 5) is 12.6. The second kappa shape index (κ2) is 6.94. The van der Waals surface area contributed by atoms with E-state index in [0.29, 0.717) is 35.8 Å². The summed E-state index contributed by atoms with van der Waals surface area (Å²) in [6, 6.07) is 9.73. The predicted octanol–water partition coefficient (Wildman–Crippen LogP) is 3.25. The Bertz CT molecular complexity index is 1010. The molecule has 142 valence electrons. The van der Waals surface area contributed by atoms with E-state index in [1.165, 1.54) is 16.4 Å². The van der Waals surface area contributed by atoms with Crippen LogP contribution in [0, 0.1) is 0 Å². The van der Waals surface area contributed by atoms with Gasteiger partial charge in [-0.3, -0.25) is 9.10 Å². The van der Waals surface area contributed by atoms with Crippen molar-refractivity contribution in [2.75, 3.05) is 28.7 Å². The van der Waals surface area contributed by atoms with Gasteiger partial charge in [-0.15, -0.1) is 0 Å². The normalized spacial score (nSPS) is 17.6. The zero-order valence-corrected chi connectivity index (χ0v) is 15.8. The fourth-order valence-corrected chi connectivity index (χ4v) is 4.99. The Balaban J connectivity index is 1.54. The van der Waals surface area contributed by atoms with Crippen LogP contribution in [0.1, 0.15) is 23.2 Å². The number of carbonyl (C=O) groups is 1. The van der Waals surface area contributed by atoms with Gasteiger partial charge in [0.15, 0.2) is 11.5 Å². The zero-order valence-electron chi connectivity index (χ0n) is 14.3. The Hall–Kier alpha value is -2.45. The molecule has 1 fully saturated rings. The van der Waals surface area contributed by atoms with Gasteiger partial charge in [0.1, 0.15) is 0 Å². The van der Waals surface area contributed by atoms with Gasteiger partial charge >= 0.3 is 0 Å². The Labute approximate surface area is 161 Å². The standard InChI is InChI=1S/C18H17ClN2O5S/c19-15-10-13(21-7-1-2-8-27(21,23)24)4-5-14(15)18(22)20-12-3-6-16-17(9-12)26-11-25-16/h3-6,9-10H,1-2,7-8,11H2,(H,20,22). The summed E-state index contributed by atoms with van der Waals surface area (Å²) in [5, 5.41) is 2.94. The number of benzene rings is 2. The van der Waals surface area contributed by atoms with E-state index < -0.39 is 15.9 Å². The van der Waals surface area contributed by atoms with Crippen LogP contribution in [0.15, 0.2) is 36.4 Å². The van der Waals surface area contributed by atoms with Crippen molar-refractivity contribution < 1.29 is 22.7 Å². The molecule has 2 aliphatic rings. The highest BCUT2D eigenvalue weighted by atomic mass is 35.5. The Morgan fingerprint density at radius 3 is 2.67 bits per heavy atom. The summed E-state index contributed by atoms with van der Waals surface area (Å²) >= 11 is 6.27. The smallest absolute Gasteiger partial charge is 0.257 e. The SMILES string of the molecule is O=C(Nc1ccc2c(c1)OCO2)c1ccc(N2CCCCS2(=O)=O)cc1Cl. The second-order valence-electron chi connectivity index (χ2n) is 6.28. The molecule has 2 aromatic carbocycles. The second-order valence-corrected chi connectivity index (χ2v) is 8.70. The lowest BCUT2D eigenvalue weighted by molar-refractivity contribution is 0.102. The third-order valence-electron chi connectivity index (χ3n) is 4.46. The molecule has 0 radical (unpaired) electrons. The van der Waals surface area contributed by atoms with Crippen LogP contribution in [-0.2, 0) is 10.0 Å². The van der Waals surface area contributed by atoms with Crippen LogP contribution >= 0.6 is 11.6 Å². The van der Waals surface area contributed by atoms with E-state index in [9.17, 15) is 13.2 Å². The molecule has 2 aromatic rings. The minimum Gasteiger partial charge on any atom is -0.454 e. The highest BCUT2D eigenvalue weighted by Gasteiger charge is 2.27. The van der Waals surface area contributed by atoms with Crippen molar-refractivity contribution in [1.29, 1.82) is 0 Å². The molecule has 2 aliphatic heterocycles. The molecule has 0 saturated carbocycles. The van der Waals surface area contributed by atoms with Gasteiger partial charge in [0.25, 0.3) is 5.91 Å². The quantitative estimate of drug-likeness (QED) is 0.842. The van der Waals surface area contributed by atoms with E-state index >= 15 is 0 Å². The molecule has 0 bridgehead atoms. The number of ether oxygens (including phenoxy) is 2. The average molecular weight is 409 g/mol. The van der Waals surface area contributed by atoms with Gasteiger partial charge in [-0.05, 0) is 43.2 Å². The Morgan fingerprint density at radius 1 is 1.07 bits per heavy atom. The van der Waals surface area contributed by atoms with Gasteiger partial charge in [-0.2, -0.15) is 0 Å². The molecular weight excluding hydrogens is 392 g/mol. The predicted molar refractivity (Wildman–Crippen MR) is 102 cm³/mol. The molecule has 9 heteroatoms. The number of carbonyl (C=O) groups excluding carboxylic acids is 1. The molecule has 2 heterocycles. The molecule has 27 heavy (non-hydrogen) atoms. The number of amides is 1. The van der Waals surface area contributed by atoms with Gasteiger partial charge in [-0.25, -0.2) is 8.42 Å². The largest absolute Gasteiger partial charge is 0.454 e. The van der Waals surface area contributed by atoms with Gasteiger partial charge < -0.3 is 14.8 Å². The monoisotopic (exact) mass is 408 g/mol. The van der Waals surface area contributed by atoms with E-state index in [-0.39, 0.29) is 23.1 Å². The van der Waals surface area contributed by atoms with Crippen molar-refractivity contribution in [2.24, 2.45) is 0 Å². The van der Waals surface area contributed by atoms with Crippen LogP contribution in [-0.4, -0.2) is 33.4 Å². The zero-order chi connectivity index (χ0) is 19.0. The first-order chi connectivity index (χ1) is 12.9. The van der Waals surface area contributed by atoms with Gasteiger partial charge in [0, 0.05) is 18.3 Å². The minimum atomic E-state index is -3.33. The number of fused-ring (bicyclic) bond motifs is 1. The van der Waals surface area contributed by atoms with Crippen LogP contribution in [0.5, 0.6) is 11.5 Å². The van der Waals surface area contributed by atoms with E-state index in [1.54, 1.807) is 24.3 Å². The third-order valence-corrected chi connectivity index (χ3v) is 6.65. The summed E-state index contributed by atoms with van der Waals surface area (Å²) in [5.41, 5.74) is 1.27. The highest BCUT2D eigenvalue weighted by molar-refractivity contribution is 7.92.